The highest BCUT2D eigenvalue weighted by Crippen LogP contribution is 2.55. The predicted octanol–water partition coefficient (Wildman–Crippen LogP) is 6.36. The van der Waals surface area contributed by atoms with Crippen LogP contribution in [-0.4, -0.2) is 83.2 Å². The Morgan fingerprint density at radius 3 is 1.16 bits per heavy atom. The zero-order valence-electron chi connectivity index (χ0n) is 34.8. The van der Waals surface area contributed by atoms with Crippen LogP contribution < -0.4 is 29.8 Å². The van der Waals surface area contributed by atoms with Gasteiger partial charge in [-0.3, -0.25) is 9.59 Å². The van der Waals surface area contributed by atoms with Crippen molar-refractivity contribution in [1.82, 2.24) is 0 Å². The summed E-state index contributed by atoms with van der Waals surface area (Å²) in [6, 6.07) is 6.85. The molecular formula is C46H42O16. The molecule has 0 spiro atoms. The molecule has 62 heavy (non-hydrogen) atoms. The number of methoxy groups -OCH3 is 4. The molecule has 0 aromatic heterocycles. The molecule has 7 aromatic rings. The van der Waals surface area contributed by atoms with Crippen molar-refractivity contribution in [2.24, 2.45) is 0 Å². The van der Waals surface area contributed by atoms with E-state index >= 15 is 0 Å². The normalized spacial score (nSPS) is 12.5. The summed E-state index contributed by atoms with van der Waals surface area (Å²) in [5.74, 6) is -5.00. The van der Waals surface area contributed by atoms with Crippen molar-refractivity contribution in [3.63, 3.8) is 0 Å². The molecule has 16 nitrogen and oxygen atoms in total. The second-order valence-corrected chi connectivity index (χ2v) is 15.0. The minimum atomic E-state index is -1.07. The van der Waals surface area contributed by atoms with E-state index in [1.54, 1.807) is 0 Å². The molecule has 7 rings (SSSR count). The van der Waals surface area contributed by atoms with Crippen molar-refractivity contribution < 1.29 is 68.6 Å². The van der Waals surface area contributed by atoms with Gasteiger partial charge in [0.25, 0.3) is 0 Å². The molecule has 0 heterocycles. The molecular weight excluding hydrogens is 808 g/mol. The fourth-order valence-electron chi connectivity index (χ4n) is 8.65. The van der Waals surface area contributed by atoms with Gasteiger partial charge in [0, 0.05) is 69.8 Å². The molecule has 0 saturated carbocycles. The molecule has 0 saturated heterocycles. The number of phenolic OH excluding ortho intramolecular Hbond substituents is 6. The van der Waals surface area contributed by atoms with E-state index in [0.29, 0.717) is 0 Å². The second-order valence-electron chi connectivity index (χ2n) is 15.0. The minimum absolute atomic E-state index is 0.0177. The summed E-state index contributed by atoms with van der Waals surface area (Å²) in [5.41, 5.74) is -1.01. The summed E-state index contributed by atoms with van der Waals surface area (Å²) in [7, 11) is 5.16. The van der Waals surface area contributed by atoms with Gasteiger partial charge >= 0.3 is 11.9 Å². The van der Waals surface area contributed by atoms with Gasteiger partial charge in [0.2, 0.25) is 0 Å². The third-order valence-corrected chi connectivity index (χ3v) is 11.0. The van der Waals surface area contributed by atoms with Crippen LogP contribution in [0.15, 0.2) is 46.0 Å². The van der Waals surface area contributed by atoms with E-state index in [1.807, 2.05) is 0 Å². The van der Waals surface area contributed by atoms with Gasteiger partial charge in [-0.05, 0) is 61.7 Å². The van der Waals surface area contributed by atoms with Crippen molar-refractivity contribution in [3.8, 4) is 57.5 Å². The van der Waals surface area contributed by atoms with Gasteiger partial charge < -0.3 is 59.1 Å². The fraction of sp³-hybridized carbons (Fsp3) is 0.261. The molecule has 0 fully saturated rings. The van der Waals surface area contributed by atoms with Crippen molar-refractivity contribution in [2.75, 3.05) is 28.4 Å². The smallest absolute Gasteiger partial charge is 0.342 e. The SMILES string of the molecule is COc1c(O)c2c(=O)cc(OC)c3c4c(OC)cc(=O)c5c(O)c(OC)c(CC(C)OC(=O)c6c(C)cc(O)cc6O)c(c(c1CC(C)OC(=O)c1c(C)cc(O)cc1O)c23)c54. The first kappa shape index (κ1) is 42.5. The van der Waals surface area contributed by atoms with Gasteiger partial charge in [-0.15, -0.1) is 0 Å². The summed E-state index contributed by atoms with van der Waals surface area (Å²) < 4.78 is 34.9. The number of aromatic hydroxyl groups is 6. The second kappa shape index (κ2) is 15.8. The van der Waals surface area contributed by atoms with Crippen LogP contribution in [0, 0.1) is 13.8 Å². The van der Waals surface area contributed by atoms with E-state index in [2.05, 4.69) is 0 Å². The van der Waals surface area contributed by atoms with Crippen LogP contribution in [0.2, 0.25) is 0 Å². The fourth-order valence-corrected chi connectivity index (χ4v) is 8.65. The Labute approximate surface area is 351 Å². The lowest BCUT2D eigenvalue weighted by Gasteiger charge is -2.26. The highest BCUT2D eigenvalue weighted by molar-refractivity contribution is 6.38. The van der Waals surface area contributed by atoms with Crippen LogP contribution in [0.4, 0.5) is 0 Å². The zero-order chi connectivity index (χ0) is 45.2. The van der Waals surface area contributed by atoms with Gasteiger partial charge in [-0.1, -0.05) is 0 Å². The maximum atomic E-state index is 14.1. The van der Waals surface area contributed by atoms with Crippen molar-refractivity contribution in [2.45, 2.75) is 52.7 Å². The van der Waals surface area contributed by atoms with Gasteiger partial charge in [0.1, 0.15) is 57.8 Å². The Bertz CT molecular complexity index is 2860. The number of rotatable bonds is 12. The molecule has 0 aliphatic heterocycles. The molecule has 7 aromatic carbocycles. The Hall–Kier alpha value is -7.62. The first-order valence-electron chi connectivity index (χ1n) is 19.1. The Morgan fingerprint density at radius 2 is 0.855 bits per heavy atom. The molecule has 0 amide bonds. The van der Waals surface area contributed by atoms with Crippen LogP contribution in [0.3, 0.4) is 0 Å². The van der Waals surface area contributed by atoms with Crippen LogP contribution in [-0.2, 0) is 22.3 Å². The number of aryl methyl sites for hydroxylation is 2. The lowest BCUT2D eigenvalue weighted by Crippen LogP contribution is -2.20. The highest BCUT2D eigenvalue weighted by Gasteiger charge is 2.34. The molecule has 0 aliphatic carbocycles. The number of carbonyl (C=O) groups is 2. The average Bonchev–Trinajstić information content (AvgIpc) is 3.17. The number of fused-ring (bicyclic) bond motifs is 2. The molecule has 2 atom stereocenters. The minimum Gasteiger partial charge on any atom is -0.508 e. The Kier molecular flexibility index (Phi) is 10.8. The van der Waals surface area contributed by atoms with Crippen molar-refractivity contribution in [1.29, 1.82) is 0 Å². The van der Waals surface area contributed by atoms with E-state index < -0.39 is 58.0 Å². The maximum absolute atomic E-state index is 14.1. The molecule has 322 valence electrons. The standard InChI is InChI=1S/C46H42O16/c1-17-9-21(47)13-25(49)31(17)45(55)61-19(3)11-23-33-34-24(12-20(4)62-46(56)32-18(2)10-22(48)14-26(32)50)44(60-8)42(54)36-28(52)16-30(58-6)38(40(34)36)37-29(57-5)15-27(51)35(39(33)37)41(53)43(23)59-7/h9-10,13-16,19-20,47-50,53-54H,11-12H2,1-8H3. The first-order chi connectivity index (χ1) is 29.4. The predicted molar refractivity (Wildman–Crippen MR) is 227 cm³/mol. The molecule has 0 bridgehead atoms. The van der Waals surface area contributed by atoms with Gasteiger partial charge in [0.05, 0.1) is 39.2 Å². The molecule has 16 heteroatoms. The van der Waals surface area contributed by atoms with Gasteiger partial charge in [-0.2, -0.15) is 0 Å². The molecule has 0 radical (unpaired) electrons. The number of esters is 2. The van der Waals surface area contributed by atoms with Crippen LogP contribution in [0.1, 0.15) is 56.8 Å². The summed E-state index contributed by atoms with van der Waals surface area (Å²) >= 11 is 0. The first-order valence-corrected chi connectivity index (χ1v) is 19.1. The summed E-state index contributed by atoms with van der Waals surface area (Å²) in [5, 5.41) is 65.6. The largest absolute Gasteiger partial charge is 0.508 e. The van der Waals surface area contributed by atoms with E-state index in [4.69, 9.17) is 28.4 Å². The lowest BCUT2D eigenvalue weighted by molar-refractivity contribution is 0.0326. The number of benzene rings is 7. The van der Waals surface area contributed by atoms with Crippen molar-refractivity contribution >= 4 is 55.0 Å². The van der Waals surface area contributed by atoms with Gasteiger partial charge in [-0.25, -0.2) is 9.59 Å². The Balaban J connectivity index is 1.60. The average molecular weight is 851 g/mol. The molecule has 0 aliphatic rings. The summed E-state index contributed by atoms with van der Waals surface area (Å²) in [6.45, 7) is 6.07. The van der Waals surface area contributed by atoms with Crippen LogP contribution >= 0.6 is 0 Å². The maximum Gasteiger partial charge on any atom is 0.342 e. The summed E-state index contributed by atoms with van der Waals surface area (Å²) in [4.78, 5) is 55.4. The van der Waals surface area contributed by atoms with E-state index in [-0.39, 0.29) is 124 Å². The highest BCUT2D eigenvalue weighted by atomic mass is 16.5. The summed E-state index contributed by atoms with van der Waals surface area (Å²) in [6.07, 6.45) is -2.63. The number of phenols is 6. The number of hydrogen-bond donors (Lipinski definition) is 6. The van der Waals surface area contributed by atoms with E-state index in [1.165, 1.54) is 68.3 Å². The third-order valence-electron chi connectivity index (χ3n) is 11.0. The molecule has 2 unspecified atom stereocenters. The lowest BCUT2D eigenvalue weighted by atomic mass is 9.81. The van der Waals surface area contributed by atoms with Crippen LogP contribution in [0.25, 0.3) is 43.1 Å². The van der Waals surface area contributed by atoms with Crippen LogP contribution in [0.5, 0.6) is 57.5 Å². The topological polar surface area (TPSA) is 245 Å². The molecule has 6 N–H and O–H groups in total. The van der Waals surface area contributed by atoms with Crippen molar-refractivity contribution in [3.05, 3.63) is 90.2 Å². The third kappa shape index (κ3) is 6.63. The number of hydrogen-bond acceptors (Lipinski definition) is 16. The quantitative estimate of drug-likeness (QED) is 0.0445. The van der Waals surface area contributed by atoms with E-state index in [9.17, 15) is 49.8 Å². The van der Waals surface area contributed by atoms with Gasteiger partial charge in [0.15, 0.2) is 33.9 Å². The Morgan fingerprint density at radius 1 is 0.500 bits per heavy atom. The number of ether oxygens (including phenoxy) is 6. The number of carbonyl (C=O) groups excluding carboxylic acids is 2. The zero-order valence-corrected chi connectivity index (χ0v) is 34.8. The van der Waals surface area contributed by atoms with E-state index in [0.717, 1.165) is 24.3 Å². The monoisotopic (exact) mass is 850 g/mol.